The van der Waals surface area contributed by atoms with Crippen LogP contribution in [0.15, 0.2) is 42.6 Å². The van der Waals surface area contributed by atoms with Gasteiger partial charge in [-0.15, -0.1) is 0 Å². The van der Waals surface area contributed by atoms with Gasteiger partial charge in [-0.3, -0.25) is 4.90 Å². The largest absolute Gasteiger partial charge is 0.478 e. The number of carboxylic acid groups (broad SMARTS) is 1. The molecule has 31 heavy (non-hydrogen) atoms. The van der Waals surface area contributed by atoms with E-state index >= 15 is 0 Å². The zero-order chi connectivity index (χ0) is 21.6. The highest BCUT2D eigenvalue weighted by Gasteiger charge is 2.43. The zero-order valence-electron chi connectivity index (χ0n) is 18.3. The first-order chi connectivity index (χ1) is 15.0. The van der Waals surface area contributed by atoms with E-state index in [-0.39, 0.29) is 11.6 Å². The molecule has 0 saturated carbocycles. The summed E-state index contributed by atoms with van der Waals surface area (Å²) in [6, 6.07) is 12.1. The third kappa shape index (κ3) is 3.66. The van der Waals surface area contributed by atoms with Crippen LogP contribution >= 0.6 is 0 Å². The van der Waals surface area contributed by atoms with Gasteiger partial charge in [0.25, 0.3) is 0 Å². The predicted molar refractivity (Wildman–Crippen MR) is 121 cm³/mol. The minimum absolute atomic E-state index is 0.0294. The molecule has 2 aromatic carbocycles. The van der Waals surface area contributed by atoms with E-state index < -0.39 is 5.97 Å². The Morgan fingerprint density at radius 1 is 1.19 bits per heavy atom. The van der Waals surface area contributed by atoms with E-state index in [1.165, 1.54) is 33.2 Å². The minimum atomic E-state index is -0.882. The zero-order valence-corrected chi connectivity index (χ0v) is 18.3. The van der Waals surface area contributed by atoms with E-state index in [0.717, 1.165) is 45.4 Å². The van der Waals surface area contributed by atoms with Gasteiger partial charge >= 0.3 is 5.97 Å². The first-order valence-corrected chi connectivity index (χ1v) is 11.2. The van der Waals surface area contributed by atoms with Crippen LogP contribution in [-0.4, -0.2) is 39.7 Å². The summed E-state index contributed by atoms with van der Waals surface area (Å²) in [4.78, 5) is 17.3. The molecule has 162 valence electrons. The van der Waals surface area contributed by atoms with E-state index in [4.69, 9.17) is 4.74 Å². The second-order valence-corrected chi connectivity index (χ2v) is 9.26. The molecule has 5 nitrogen and oxygen atoms in total. The first-order valence-electron chi connectivity index (χ1n) is 11.2. The molecule has 0 radical (unpaired) electrons. The van der Waals surface area contributed by atoms with Crippen LogP contribution in [0.2, 0.25) is 0 Å². The Morgan fingerprint density at radius 2 is 2.00 bits per heavy atom. The molecule has 0 bridgehead atoms. The highest BCUT2D eigenvalue weighted by molar-refractivity contribution is 5.88. The van der Waals surface area contributed by atoms with Gasteiger partial charge in [0.15, 0.2) is 0 Å². The summed E-state index contributed by atoms with van der Waals surface area (Å²) in [6.45, 7) is 7.07. The fraction of sp³-hybridized carbons (Fsp3) is 0.423. The maximum atomic E-state index is 11.3. The van der Waals surface area contributed by atoms with Crippen molar-refractivity contribution >= 4 is 16.9 Å². The van der Waals surface area contributed by atoms with E-state index in [1.807, 2.05) is 18.3 Å². The maximum Gasteiger partial charge on any atom is 0.335 e. The van der Waals surface area contributed by atoms with Crippen molar-refractivity contribution in [2.75, 3.05) is 13.2 Å². The second-order valence-electron chi connectivity index (χ2n) is 9.26. The molecule has 1 spiro atoms. The number of carboxylic acids is 1. The quantitative estimate of drug-likeness (QED) is 0.598. The van der Waals surface area contributed by atoms with E-state index in [1.54, 1.807) is 12.1 Å². The van der Waals surface area contributed by atoms with Crippen molar-refractivity contribution in [3.05, 3.63) is 70.4 Å². The van der Waals surface area contributed by atoms with Crippen molar-refractivity contribution in [2.45, 2.75) is 57.7 Å². The molecule has 2 aliphatic rings. The predicted octanol–water partition coefficient (Wildman–Crippen LogP) is 5.37. The van der Waals surface area contributed by atoms with Gasteiger partial charge in [-0.2, -0.15) is 0 Å². The molecule has 5 heteroatoms. The summed E-state index contributed by atoms with van der Waals surface area (Å²) in [7, 11) is 0. The molecule has 0 amide bonds. The van der Waals surface area contributed by atoms with Crippen molar-refractivity contribution < 1.29 is 14.6 Å². The van der Waals surface area contributed by atoms with Crippen LogP contribution in [0, 0.1) is 13.8 Å². The van der Waals surface area contributed by atoms with E-state index in [2.05, 4.69) is 35.9 Å². The highest BCUT2D eigenvalue weighted by atomic mass is 16.5. The van der Waals surface area contributed by atoms with Gasteiger partial charge in [-0.1, -0.05) is 18.2 Å². The Balaban J connectivity index is 1.50. The van der Waals surface area contributed by atoms with Crippen LogP contribution < -0.4 is 0 Å². The molecule has 0 unspecified atom stereocenters. The van der Waals surface area contributed by atoms with Crippen molar-refractivity contribution in [2.24, 2.45) is 0 Å². The Morgan fingerprint density at radius 3 is 2.71 bits per heavy atom. The summed E-state index contributed by atoms with van der Waals surface area (Å²) in [5.41, 5.74) is 6.67. The lowest BCUT2D eigenvalue weighted by Crippen LogP contribution is -2.45. The number of aryl methyl sites for hydroxylation is 2. The number of benzene rings is 2. The second kappa shape index (κ2) is 7.81. The average molecular weight is 419 g/mol. The highest BCUT2D eigenvalue weighted by Crippen LogP contribution is 2.45. The molecule has 5 rings (SSSR count). The van der Waals surface area contributed by atoms with Gasteiger partial charge in [0.2, 0.25) is 0 Å². The summed E-state index contributed by atoms with van der Waals surface area (Å²) in [6.07, 6.45) is 6.29. The molecule has 3 aromatic rings. The van der Waals surface area contributed by atoms with Gasteiger partial charge in [0.05, 0.1) is 11.2 Å². The number of ether oxygens (including phenoxy) is 1. The van der Waals surface area contributed by atoms with Crippen molar-refractivity contribution in [3.8, 4) is 0 Å². The van der Waals surface area contributed by atoms with Gasteiger partial charge in [-0.25, -0.2) is 4.79 Å². The topological polar surface area (TPSA) is 65.6 Å². The van der Waals surface area contributed by atoms with Gasteiger partial charge in [0, 0.05) is 42.8 Å². The lowest BCUT2D eigenvalue weighted by atomic mass is 9.81. The number of fused-ring (bicyclic) bond motifs is 1. The number of nitrogens with one attached hydrogen (secondary N) is 1. The number of hydrogen-bond acceptors (Lipinski definition) is 3. The van der Waals surface area contributed by atoms with Crippen molar-refractivity contribution in [1.29, 1.82) is 0 Å². The van der Waals surface area contributed by atoms with E-state index in [0.29, 0.717) is 5.56 Å². The van der Waals surface area contributed by atoms with Crippen LogP contribution in [0.5, 0.6) is 0 Å². The molecule has 1 aromatic heterocycles. The fourth-order valence-corrected chi connectivity index (χ4v) is 5.62. The van der Waals surface area contributed by atoms with Crippen LogP contribution in [0.4, 0.5) is 0 Å². The van der Waals surface area contributed by atoms with Gasteiger partial charge in [0.1, 0.15) is 0 Å². The van der Waals surface area contributed by atoms with Crippen LogP contribution in [0.1, 0.15) is 64.3 Å². The minimum Gasteiger partial charge on any atom is -0.478 e. The lowest BCUT2D eigenvalue weighted by molar-refractivity contribution is -0.0675. The van der Waals surface area contributed by atoms with Crippen LogP contribution in [-0.2, 0) is 11.3 Å². The summed E-state index contributed by atoms with van der Waals surface area (Å²) < 4.78 is 6.27. The molecular weight excluding hydrogens is 388 g/mol. The molecule has 0 aliphatic carbocycles. The smallest absolute Gasteiger partial charge is 0.335 e. The van der Waals surface area contributed by atoms with E-state index in [9.17, 15) is 9.90 Å². The Labute approximate surface area is 183 Å². The number of piperidine rings is 1. The van der Waals surface area contributed by atoms with Gasteiger partial charge < -0.3 is 14.8 Å². The third-order valence-electron chi connectivity index (χ3n) is 7.32. The number of likely N-dealkylation sites (tertiary alicyclic amines) is 1. The lowest BCUT2D eigenvalue weighted by Gasteiger charge is -2.45. The van der Waals surface area contributed by atoms with Crippen LogP contribution in [0.25, 0.3) is 10.9 Å². The van der Waals surface area contributed by atoms with Gasteiger partial charge in [-0.05, 0) is 80.0 Å². The SMILES string of the molecule is Cc1cc(C)c2[nH]ccc2c1CN1CC[C@]2(CCCO2)C[C@@H]1c1ccc(C(=O)O)cc1. The Bertz CT molecular complexity index is 1110. The van der Waals surface area contributed by atoms with Crippen LogP contribution in [0.3, 0.4) is 0 Å². The fourth-order valence-electron chi connectivity index (χ4n) is 5.62. The molecule has 2 N–H and O–H groups in total. The number of H-pyrrole nitrogens is 1. The molecule has 2 aliphatic heterocycles. The number of aromatic amines is 1. The average Bonchev–Trinajstić information content (AvgIpc) is 3.42. The molecule has 3 heterocycles. The summed E-state index contributed by atoms with van der Waals surface area (Å²) >= 11 is 0. The standard InChI is InChI=1S/C26H30N2O3/c1-17-14-18(2)24-21(8-11-27-24)22(17)16-28-12-10-26(9-3-13-31-26)15-23(28)19-4-6-20(7-5-19)25(29)30/h4-8,11,14,23,27H,3,9-10,12-13,15-16H2,1-2H3,(H,29,30)/t23-,26-/m1/s1. The van der Waals surface area contributed by atoms with Crippen molar-refractivity contribution in [1.82, 2.24) is 9.88 Å². The molecule has 2 saturated heterocycles. The summed E-state index contributed by atoms with van der Waals surface area (Å²) in [5, 5.41) is 10.6. The Kier molecular flexibility index (Phi) is 5.11. The number of rotatable bonds is 4. The number of aromatic carboxylic acids is 1. The first kappa shape index (κ1) is 20.3. The molecular formula is C26H30N2O3. The number of carbonyl (C=O) groups is 1. The summed E-state index contributed by atoms with van der Waals surface area (Å²) in [5.74, 6) is -0.882. The van der Waals surface area contributed by atoms with Crippen molar-refractivity contribution in [3.63, 3.8) is 0 Å². The number of hydrogen-bond donors (Lipinski definition) is 2. The monoisotopic (exact) mass is 418 g/mol. The maximum absolute atomic E-state index is 11.3. The number of nitrogens with zero attached hydrogens (tertiary/aromatic N) is 1. The number of aromatic nitrogens is 1. The normalized spacial score (nSPS) is 24.3. The molecule has 2 atom stereocenters. The third-order valence-corrected chi connectivity index (χ3v) is 7.32. The molecule has 2 fully saturated rings. The Hall–Kier alpha value is -2.63.